The average Bonchev–Trinajstić information content (AvgIpc) is 2.92. The molecule has 2 aliphatic heterocycles. The molecule has 0 radical (unpaired) electrons. The van der Waals surface area contributed by atoms with Crippen molar-refractivity contribution >= 4 is 17.9 Å². The standard InChI is InChI=1S/C28H29F7N4O4/c1-36(2)9-7-22-25(41)37(14-18-5-3-4-6-21(18)29)15-23-38(10-8-24(40)39(22)23)26(42)43-16-17-11-19(27(30,31)32)13-20(12-17)28(33,34)35/h3-6,11-13,22-23H,7-10,14-16H2,1-2H3/t22-,23+/m0/s1. The summed E-state index contributed by atoms with van der Waals surface area (Å²) >= 11 is 0. The summed E-state index contributed by atoms with van der Waals surface area (Å²) in [5.74, 6) is -1.42. The fraction of sp³-hybridized carbons (Fsp3) is 0.464. The number of piperazine rings is 1. The molecule has 15 heteroatoms. The van der Waals surface area contributed by atoms with Crippen LogP contribution in [-0.2, 0) is 39.8 Å². The number of nitrogens with zero attached hydrogens (tertiary/aromatic N) is 4. The summed E-state index contributed by atoms with van der Waals surface area (Å²) in [4.78, 5) is 45.3. The first kappa shape index (κ1) is 32.0. The minimum Gasteiger partial charge on any atom is -0.444 e. The Labute approximate surface area is 242 Å². The number of alkyl halides is 6. The molecule has 2 aliphatic rings. The van der Waals surface area contributed by atoms with Crippen molar-refractivity contribution in [3.63, 3.8) is 0 Å². The SMILES string of the molecule is CN(C)CC[C@H]1C(=O)N(Cc2ccccc2F)C[C@@H]2N(C(=O)OCc3cc(C(F)(F)F)cc(C(F)(F)F)c3)CCC(=O)N21. The van der Waals surface area contributed by atoms with Crippen molar-refractivity contribution < 1.29 is 49.9 Å². The molecule has 0 spiro atoms. The highest BCUT2D eigenvalue weighted by atomic mass is 19.4. The number of carbonyl (C=O) groups excluding carboxylic acids is 3. The van der Waals surface area contributed by atoms with Gasteiger partial charge in [-0.3, -0.25) is 14.5 Å². The summed E-state index contributed by atoms with van der Waals surface area (Å²) in [6.07, 6.45) is -12.3. The van der Waals surface area contributed by atoms with Gasteiger partial charge in [-0.1, -0.05) is 18.2 Å². The predicted molar refractivity (Wildman–Crippen MR) is 137 cm³/mol. The Morgan fingerprint density at radius 1 is 1.00 bits per heavy atom. The predicted octanol–water partition coefficient (Wildman–Crippen LogP) is 4.72. The summed E-state index contributed by atoms with van der Waals surface area (Å²) in [5, 5.41) is 0. The van der Waals surface area contributed by atoms with E-state index in [1.54, 1.807) is 25.1 Å². The van der Waals surface area contributed by atoms with Crippen molar-refractivity contribution in [2.45, 2.75) is 50.6 Å². The van der Waals surface area contributed by atoms with Gasteiger partial charge < -0.3 is 19.4 Å². The van der Waals surface area contributed by atoms with E-state index in [2.05, 4.69) is 0 Å². The lowest BCUT2D eigenvalue weighted by Crippen LogP contribution is -2.71. The molecular formula is C28H29F7N4O4. The second-order valence-electron chi connectivity index (χ2n) is 10.6. The van der Waals surface area contributed by atoms with Gasteiger partial charge in [-0.25, -0.2) is 9.18 Å². The molecule has 0 aromatic heterocycles. The van der Waals surface area contributed by atoms with Crippen molar-refractivity contribution in [2.24, 2.45) is 0 Å². The first-order valence-electron chi connectivity index (χ1n) is 13.3. The molecule has 2 atom stereocenters. The number of rotatable bonds is 7. The molecule has 234 valence electrons. The second kappa shape index (κ2) is 12.4. The van der Waals surface area contributed by atoms with Crippen LogP contribution in [0.15, 0.2) is 42.5 Å². The molecule has 0 bridgehead atoms. The van der Waals surface area contributed by atoms with Crippen molar-refractivity contribution in [3.05, 3.63) is 70.5 Å². The molecule has 2 saturated heterocycles. The Morgan fingerprint density at radius 3 is 2.21 bits per heavy atom. The van der Waals surface area contributed by atoms with Crippen molar-refractivity contribution in [3.8, 4) is 0 Å². The first-order valence-corrected chi connectivity index (χ1v) is 13.3. The van der Waals surface area contributed by atoms with Gasteiger partial charge in [0.05, 0.1) is 17.7 Å². The lowest BCUT2D eigenvalue weighted by atomic mass is 10.0. The maximum absolute atomic E-state index is 14.5. The number of hydrogen-bond acceptors (Lipinski definition) is 5. The van der Waals surface area contributed by atoms with Crippen molar-refractivity contribution in [1.29, 1.82) is 0 Å². The molecule has 3 amide bonds. The quantitative estimate of drug-likeness (QED) is 0.420. The van der Waals surface area contributed by atoms with Crippen LogP contribution in [0, 0.1) is 5.82 Å². The van der Waals surface area contributed by atoms with E-state index >= 15 is 0 Å². The molecular weight excluding hydrogens is 589 g/mol. The average molecular weight is 619 g/mol. The molecule has 0 aliphatic carbocycles. The molecule has 2 heterocycles. The van der Waals surface area contributed by atoms with Gasteiger partial charge in [-0.2, -0.15) is 26.3 Å². The van der Waals surface area contributed by atoms with Gasteiger partial charge in [0.2, 0.25) is 11.8 Å². The van der Waals surface area contributed by atoms with E-state index in [-0.39, 0.29) is 44.1 Å². The van der Waals surface area contributed by atoms with Gasteiger partial charge in [-0.15, -0.1) is 0 Å². The molecule has 4 rings (SSSR count). The molecule has 8 nitrogen and oxygen atoms in total. The Balaban J connectivity index is 1.60. The maximum Gasteiger partial charge on any atom is 0.416 e. The summed E-state index contributed by atoms with van der Waals surface area (Å²) in [7, 11) is 3.53. The van der Waals surface area contributed by atoms with E-state index in [1.165, 1.54) is 28.0 Å². The van der Waals surface area contributed by atoms with Crippen molar-refractivity contribution in [1.82, 2.24) is 19.6 Å². The van der Waals surface area contributed by atoms with Crippen LogP contribution in [0.25, 0.3) is 0 Å². The number of amides is 3. The molecule has 2 aromatic rings. The molecule has 0 unspecified atom stereocenters. The minimum absolute atomic E-state index is 0.0312. The third-order valence-corrected chi connectivity index (χ3v) is 7.26. The summed E-state index contributed by atoms with van der Waals surface area (Å²) in [5.41, 5.74) is -3.44. The fourth-order valence-corrected chi connectivity index (χ4v) is 5.16. The number of carbonyl (C=O) groups is 3. The maximum atomic E-state index is 14.5. The van der Waals surface area contributed by atoms with Crippen LogP contribution in [0.2, 0.25) is 0 Å². The lowest BCUT2D eigenvalue weighted by molar-refractivity contribution is -0.169. The number of halogens is 7. The van der Waals surface area contributed by atoms with Crippen LogP contribution >= 0.6 is 0 Å². The molecule has 0 N–H and O–H groups in total. The smallest absolute Gasteiger partial charge is 0.416 e. The minimum atomic E-state index is -5.08. The van der Waals surface area contributed by atoms with Crippen LogP contribution < -0.4 is 0 Å². The van der Waals surface area contributed by atoms with Crippen molar-refractivity contribution in [2.75, 3.05) is 33.7 Å². The van der Waals surface area contributed by atoms with E-state index in [0.29, 0.717) is 18.7 Å². The van der Waals surface area contributed by atoms with Crippen LogP contribution in [-0.4, -0.2) is 83.4 Å². The molecule has 2 aromatic carbocycles. The Hall–Kier alpha value is -3.88. The first-order chi connectivity index (χ1) is 20.1. The third kappa shape index (κ3) is 7.37. The van der Waals surface area contributed by atoms with Crippen LogP contribution in [0.5, 0.6) is 0 Å². The van der Waals surface area contributed by atoms with E-state index in [1.807, 2.05) is 0 Å². The van der Waals surface area contributed by atoms with Gasteiger partial charge in [-0.05, 0) is 56.9 Å². The second-order valence-corrected chi connectivity index (χ2v) is 10.6. The largest absolute Gasteiger partial charge is 0.444 e. The van der Waals surface area contributed by atoms with E-state index in [0.717, 1.165) is 4.90 Å². The number of benzene rings is 2. The zero-order valence-corrected chi connectivity index (χ0v) is 23.2. The van der Waals surface area contributed by atoms with Gasteiger partial charge >= 0.3 is 18.4 Å². The van der Waals surface area contributed by atoms with Crippen LogP contribution in [0.3, 0.4) is 0 Å². The highest BCUT2D eigenvalue weighted by Gasteiger charge is 2.49. The summed E-state index contributed by atoms with van der Waals surface area (Å²) in [6, 6.07) is 5.68. The summed E-state index contributed by atoms with van der Waals surface area (Å²) < 4.78 is 99.2. The Bertz CT molecular complexity index is 1330. The number of fused-ring (bicyclic) bond motifs is 1. The van der Waals surface area contributed by atoms with Gasteiger partial charge in [0.25, 0.3) is 0 Å². The summed E-state index contributed by atoms with van der Waals surface area (Å²) in [6.45, 7) is -1.06. The van der Waals surface area contributed by atoms with Crippen LogP contribution in [0.1, 0.15) is 35.1 Å². The van der Waals surface area contributed by atoms with Gasteiger partial charge in [0.15, 0.2) is 0 Å². The molecule has 43 heavy (non-hydrogen) atoms. The molecule has 0 saturated carbocycles. The topological polar surface area (TPSA) is 73.4 Å². The Kier molecular flexibility index (Phi) is 9.23. The number of hydrogen-bond donors (Lipinski definition) is 0. The van der Waals surface area contributed by atoms with E-state index < -0.39 is 71.6 Å². The zero-order valence-electron chi connectivity index (χ0n) is 23.2. The zero-order chi connectivity index (χ0) is 31.7. The van der Waals surface area contributed by atoms with Gasteiger partial charge in [0, 0.05) is 25.1 Å². The lowest BCUT2D eigenvalue weighted by Gasteiger charge is -2.52. The van der Waals surface area contributed by atoms with E-state index in [9.17, 15) is 45.1 Å². The highest BCUT2D eigenvalue weighted by molar-refractivity contribution is 5.90. The molecule has 2 fully saturated rings. The van der Waals surface area contributed by atoms with Gasteiger partial charge in [0.1, 0.15) is 24.6 Å². The highest BCUT2D eigenvalue weighted by Crippen LogP contribution is 2.37. The number of ether oxygens (including phenoxy) is 1. The monoisotopic (exact) mass is 618 g/mol. The fourth-order valence-electron chi connectivity index (χ4n) is 5.16. The third-order valence-electron chi connectivity index (χ3n) is 7.26. The van der Waals surface area contributed by atoms with Crippen LogP contribution in [0.4, 0.5) is 35.5 Å². The van der Waals surface area contributed by atoms with E-state index in [4.69, 9.17) is 4.74 Å². The Morgan fingerprint density at radius 2 is 1.63 bits per heavy atom. The normalized spacial score (nSPS) is 19.6.